The van der Waals surface area contributed by atoms with Crippen molar-refractivity contribution >= 4 is 54.6 Å². The highest BCUT2D eigenvalue weighted by molar-refractivity contribution is 6.27. The van der Waals surface area contributed by atoms with Gasteiger partial charge in [0.1, 0.15) is 16.7 Å². The zero-order chi connectivity index (χ0) is 39.6. The third-order valence-electron chi connectivity index (χ3n) is 11.3. The zero-order valence-electron chi connectivity index (χ0n) is 32.1. The van der Waals surface area contributed by atoms with E-state index < -0.39 is 0 Å². The van der Waals surface area contributed by atoms with E-state index in [1.807, 2.05) is 54.6 Å². The predicted molar refractivity (Wildman–Crippen MR) is 242 cm³/mol. The molecule has 6 heteroatoms. The van der Waals surface area contributed by atoms with Crippen LogP contribution in [0, 0.1) is 0 Å². The smallest absolute Gasteiger partial charge is 0.227 e. The highest BCUT2D eigenvalue weighted by atomic mass is 16.4. The van der Waals surface area contributed by atoms with Crippen molar-refractivity contribution in [3.05, 3.63) is 194 Å². The van der Waals surface area contributed by atoms with Gasteiger partial charge in [-0.25, -0.2) is 19.9 Å². The Morgan fingerprint density at radius 1 is 0.317 bits per heavy atom. The monoisotopic (exact) mass is 768 g/mol. The number of fused-ring (bicyclic) bond motifs is 8. The quantitative estimate of drug-likeness (QED) is 0.168. The van der Waals surface area contributed by atoms with Crippen LogP contribution in [0.25, 0.3) is 122 Å². The molecule has 0 bridgehead atoms. The molecular weight excluding hydrogens is 737 g/mol. The maximum absolute atomic E-state index is 6.84. The lowest BCUT2D eigenvalue weighted by Crippen LogP contribution is -2.00. The lowest BCUT2D eigenvalue weighted by atomic mass is 9.99. The Balaban J connectivity index is 1.07. The summed E-state index contributed by atoms with van der Waals surface area (Å²) in [5.41, 5.74) is 10.9. The van der Waals surface area contributed by atoms with E-state index in [0.29, 0.717) is 40.1 Å². The second-order valence-corrected chi connectivity index (χ2v) is 15.0. The summed E-state index contributed by atoms with van der Waals surface area (Å²) in [4.78, 5) is 20.5. The molecule has 0 unspecified atom stereocenters. The van der Waals surface area contributed by atoms with E-state index in [4.69, 9.17) is 28.8 Å². The highest BCUT2D eigenvalue weighted by Crippen LogP contribution is 2.44. The number of rotatable bonds is 6. The number of benzene rings is 9. The van der Waals surface area contributed by atoms with Crippen LogP contribution in [-0.2, 0) is 0 Å². The standard InChI is InChI=1S/C54H32N4O2/c1-4-12-33(13-5-1)35-20-22-36(23-21-35)51-56-52(42-27-26-39-30-38(24-25-40(39)31-42)34-14-6-2-7-15-34)58-53(57-51)44-32-41-18-10-11-19-43(41)47-48-46(59-49(44)47)29-28-45-50(48)60-54(55-45)37-16-8-3-9-17-37/h1-32H. The van der Waals surface area contributed by atoms with Crippen molar-refractivity contribution in [2.45, 2.75) is 0 Å². The summed E-state index contributed by atoms with van der Waals surface area (Å²) >= 11 is 0. The first-order chi connectivity index (χ1) is 29.7. The molecule has 0 saturated carbocycles. The van der Waals surface area contributed by atoms with Gasteiger partial charge in [-0.3, -0.25) is 0 Å². The third-order valence-corrected chi connectivity index (χ3v) is 11.3. The Labute approximate surface area is 344 Å². The van der Waals surface area contributed by atoms with Gasteiger partial charge >= 0.3 is 0 Å². The summed E-state index contributed by atoms with van der Waals surface area (Å²) in [5, 5.41) is 6.09. The van der Waals surface area contributed by atoms with Crippen LogP contribution in [0.3, 0.4) is 0 Å². The molecule has 3 heterocycles. The Kier molecular flexibility index (Phi) is 7.74. The molecule has 0 N–H and O–H groups in total. The van der Waals surface area contributed by atoms with Gasteiger partial charge in [-0.05, 0) is 86.3 Å². The van der Waals surface area contributed by atoms with Crippen molar-refractivity contribution in [2.75, 3.05) is 0 Å². The molecule has 0 aliphatic carbocycles. The van der Waals surface area contributed by atoms with Gasteiger partial charge in [0.15, 0.2) is 23.1 Å². The van der Waals surface area contributed by atoms with E-state index in [0.717, 1.165) is 71.2 Å². The van der Waals surface area contributed by atoms with E-state index >= 15 is 0 Å². The first-order valence-corrected chi connectivity index (χ1v) is 20.0. The molecule has 0 fully saturated rings. The summed E-state index contributed by atoms with van der Waals surface area (Å²) in [6.45, 7) is 0. The Hall–Kier alpha value is -8.22. The van der Waals surface area contributed by atoms with Gasteiger partial charge in [-0.15, -0.1) is 0 Å². The number of hydrogen-bond donors (Lipinski definition) is 0. The average Bonchev–Trinajstić information content (AvgIpc) is 3.95. The number of furan rings is 1. The SMILES string of the molecule is c1ccc(-c2ccc(-c3nc(-c4ccc5cc(-c6ccccc6)ccc5c4)nc(-c4cc5ccccc5c5c4oc4ccc6nc(-c7ccccc7)oc6c45)n3)cc2)cc1. The van der Waals surface area contributed by atoms with Gasteiger partial charge < -0.3 is 8.83 Å². The normalized spacial score (nSPS) is 11.7. The maximum Gasteiger partial charge on any atom is 0.227 e. The largest absolute Gasteiger partial charge is 0.455 e. The molecule has 0 saturated heterocycles. The van der Waals surface area contributed by atoms with Gasteiger partial charge in [0.05, 0.1) is 10.9 Å². The number of oxazole rings is 1. The van der Waals surface area contributed by atoms with Crippen LogP contribution < -0.4 is 0 Å². The fourth-order valence-electron chi connectivity index (χ4n) is 8.35. The second-order valence-electron chi connectivity index (χ2n) is 15.0. The maximum atomic E-state index is 6.84. The van der Waals surface area contributed by atoms with Crippen molar-refractivity contribution in [3.8, 4) is 67.9 Å². The van der Waals surface area contributed by atoms with Gasteiger partial charge in [-0.2, -0.15) is 0 Å². The minimum Gasteiger partial charge on any atom is -0.455 e. The van der Waals surface area contributed by atoms with Gasteiger partial charge in [0.2, 0.25) is 5.89 Å². The molecule has 12 rings (SSSR count). The summed E-state index contributed by atoms with van der Waals surface area (Å²) in [7, 11) is 0. The summed E-state index contributed by atoms with van der Waals surface area (Å²) in [5.74, 6) is 2.20. The number of hydrogen-bond acceptors (Lipinski definition) is 6. The molecule has 0 aliphatic heterocycles. The van der Waals surface area contributed by atoms with Crippen molar-refractivity contribution in [1.82, 2.24) is 19.9 Å². The van der Waals surface area contributed by atoms with Crippen LogP contribution >= 0.6 is 0 Å². The van der Waals surface area contributed by atoms with Crippen molar-refractivity contribution < 1.29 is 8.83 Å². The van der Waals surface area contributed by atoms with E-state index in [1.54, 1.807) is 0 Å². The second kappa shape index (κ2) is 13.7. The molecule has 9 aromatic carbocycles. The molecule has 6 nitrogen and oxygen atoms in total. The first-order valence-electron chi connectivity index (χ1n) is 20.0. The third kappa shape index (κ3) is 5.73. The highest BCUT2D eigenvalue weighted by Gasteiger charge is 2.23. The zero-order valence-corrected chi connectivity index (χ0v) is 32.1. The van der Waals surface area contributed by atoms with Crippen molar-refractivity contribution in [1.29, 1.82) is 0 Å². The van der Waals surface area contributed by atoms with Gasteiger partial charge in [0.25, 0.3) is 0 Å². The molecule has 0 aliphatic rings. The predicted octanol–water partition coefficient (Wildman–Crippen LogP) is 14.2. The van der Waals surface area contributed by atoms with Crippen LogP contribution in [0.1, 0.15) is 0 Å². The lowest BCUT2D eigenvalue weighted by Gasteiger charge is -2.11. The van der Waals surface area contributed by atoms with E-state index in [2.05, 4.69) is 140 Å². The van der Waals surface area contributed by atoms with Crippen LogP contribution in [0.15, 0.2) is 203 Å². The van der Waals surface area contributed by atoms with E-state index in [9.17, 15) is 0 Å². The van der Waals surface area contributed by atoms with E-state index in [1.165, 1.54) is 11.1 Å². The summed E-state index contributed by atoms with van der Waals surface area (Å²) < 4.78 is 13.4. The minimum atomic E-state index is 0.509. The van der Waals surface area contributed by atoms with Gasteiger partial charge in [0, 0.05) is 22.1 Å². The molecule has 12 aromatic rings. The fourth-order valence-corrected chi connectivity index (χ4v) is 8.35. The molecule has 0 atom stereocenters. The van der Waals surface area contributed by atoms with Gasteiger partial charge in [-0.1, -0.05) is 152 Å². The van der Waals surface area contributed by atoms with Crippen LogP contribution in [0.2, 0.25) is 0 Å². The Morgan fingerprint density at radius 3 is 1.60 bits per heavy atom. The Bertz CT molecular complexity index is 3580. The van der Waals surface area contributed by atoms with Crippen molar-refractivity contribution in [3.63, 3.8) is 0 Å². The number of aromatic nitrogens is 4. The first kappa shape index (κ1) is 33.9. The summed E-state index contributed by atoms with van der Waals surface area (Å²) in [6, 6.07) is 66.6. The molecular formula is C54H32N4O2. The van der Waals surface area contributed by atoms with Crippen LogP contribution in [0.5, 0.6) is 0 Å². The fraction of sp³-hybridized carbons (Fsp3) is 0. The lowest BCUT2D eigenvalue weighted by molar-refractivity contribution is 0.622. The van der Waals surface area contributed by atoms with Crippen molar-refractivity contribution in [2.24, 2.45) is 0 Å². The Morgan fingerprint density at radius 2 is 0.867 bits per heavy atom. The molecule has 0 amide bonds. The minimum absolute atomic E-state index is 0.509. The average molecular weight is 769 g/mol. The molecule has 280 valence electrons. The number of nitrogens with zero attached hydrogens (tertiary/aromatic N) is 4. The van der Waals surface area contributed by atoms with Crippen LogP contribution in [0.4, 0.5) is 0 Å². The molecule has 60 heavy (non-hydrogen) atoms. The van der Waals surface area contributed by atoms with E-state index in [-0.39, 0.29) is 0 Å². The molecule has 3 aromatic heterocycles. The summed E-state index contributed by atoms with van der Waals surface area (Å²) in [6.07, 6.45) is 0. The molecule has 0 radical (unpaired) electrons. The molecule has 0 spiro atoms. The topological polar surface area (TPSA) is 77.8 Å². The van der Waals surface area contributed by atoms with Crippen LogP contribution in [-0.4, -0.2) is 19.9 Å².